The van der Waals surface area contributed by atoms with E-state index in [1.165, 1.54) is 4.90 Å². The highest BCUT2D eigenvalue weighted by Gasteiger charge is 2.56. The Morgan fingerprint density at radius 2 is 1.77 bits per heavy atom. The van der Waals surface area contributed by atoms with Gasteiger partial charge in [0.2, 0.25) is 0 Å². The number of Topliss-reactive ketones (excluding diaryl/α,β-unsaturated/α-hetero) is 1. The van der Waals surface area contributed by atoms with Crippen LogP contribution in [0.4, 0.5) is 4.79 Å². The van der Waals surface area contributed by atoms with E-state index in [9.17, 15) is 14.4 Å². The van der Waals surface area contributed by atoms with E-state index in [0.717, 1.165) is 28.1 Å². The van der Waals surface area contributed by atoms with E-state index in [1.54, 1.807) is 32.9 Å². The van der Waals surface area contributed by atoms with Crippen molar-refractivity contribution in [3.63, 3.8) is 0 Å². The van der Waals surface area contributed by atoms with E-state index < -0.39 is 23.7 Å². The highest BCUT2D eigenvalue weighted by molar-refractivity contribution is 9.10. The Morgan fingerprint density at radius 1 is 1.10 bits per heavy atom. The molecular formula is C24H26BrNO5. The summed E-state index contributed by atoms with van der Waals surface area (Å²) in [7, 11) is 0. The molecule has 31 heavy (non-hydrogen) atoms. The third kappa shape index (κ3) is 4.92. The van der Waals surface area contributed by atoms with Gasteiger partial charge in [-0.3, -0.25) is 9.69 Å². The van der Waals surface area contributed by atoms with Gasteiger partial charge in [-0.2, -0.15) is 0 Å². The molecule has 1 saturated carbocycles. The fraction of sp³-hybridized carbons (Fsp3) is 0.458. The number of hydrogen-bond acceptors (Lipinski definition) is 5. The normalized spacial score (nSPS) is 19.5. The van der Waals surface area contributed by atoms with E-state index in [4.69, 9.17) is 9.47 Å². The number of ketones is 1. The highest BCUT2D eigenvalue weighted by atomic mass is 79.9. The molecule has 1 spiro atoms. The lowest BCUT2D eigenvalue weighted by Gasteiger charge is -2.27. The number of ether oxygens (including phenoxy) is 2. The Bertz CT molecular complexity index is 1050. The van der Waals surface area contributed by atoms with Crippen LogP contribution >= 0.6 is 15.9 Å². The van der Waals surface area contributed by atoms with Crippen molar-refractivity contribution in [2.75, 3.05) is 13.2 Å². The number of carbonyl (C=O) groups excluding carboxylic acids is 3. The fourth-order valence-electron chi connectivity index (χ4n) is 4.02. The molecule has 1 heterocycles. The number of carbonyl (C=O) groups is 3. The van der Waals surface area contributed by atoms with Crippen molar-refractivity contribution in [3.05, 3.63) is 46.4 Å². The Labute approximate surface area is 190 Å². The van der Waals surface area contributed by atoms with Gasteiger partial charge in [-0.25, -0.2) is 9.59 Å². The maximum absolute atomic E-state index is 12.8. The lowest BCUT2D eigenvalue weighted by molar-refractivity contribution is -0.147. The van der Waals surface area contributed by atoms with E-state index in [0.29, 0.717) is 18.5 Å². The van der Waals surface area contributed by atoms with Crippen molar-refractivity contribution in [1.82, 2.24) is 4.90 Å². The summed E-state index contributed by atoms with van der Waals surface area (Å²) in [5.41, 5.74) is -0.166. The van der Waals surface area contributed by atoms with Crippen LogP contribution in [0.3, 0.4) is 0 Å². The average Bonchev–Trinajstić information content (AvgIpc) is 3.33. The van der Waals surface area contributed by atoms with Crippen LogP contribution in [0.5, 0.6) is 0 Å². The zero-order valence-corrected chi connectivity index (χ0v) is 19.5. The summed E-state index contributed by atoms with van der Waals surface area (Å²) < 4.78 is 11.8. The van der Waals surface area contributed by atoms with Gasteiger partial charge in [-0.15, -0.1) is 0 Å². The number of amides is 1. The lowest BCUT2D eigenvalue weighted by Crippen LogP contribution is -2.44. The summed E-state index contributed by atoms with van der Waals surface area (Å²) in [5.74, 6) is -0.825. The molecule has 0 bridgehead atoms. The van der Waals surface area contributed by atoms with Gasteiger partial charge >= 0.3 is 12.1 Å². The molecule has 2 aliphatic rings. The summed E-state index contributed by atoms with van der Waals surface area (Å²) >= 11 is 3.43. The Balaban J connectivity index is 1.41. The second-order valence-corrected chi connectivity index (χ2v) is 10.5. The minimum absolute atomic E-state index is 0.00276. The maximum Gasteiger partial charge on any atom is 0.411 e. The number of nitrogens with zero attached hydrogens (tertiary/aromatic N) is 1. The number of hydrogen-bond donors (Lipinski definition) is 0. The predicted molar refractivity (Wildman–Crippen MR) is 120 cm³/mol. The third-order valence-electron chi connectivity index (χ3n) is 5.84. The molecule has 1 amide bonds. The number of benzene rings is 2. The average molecular weight is 488 g/mol. The molecule has 0 unspecified atom stereocenters. The van der Waals surface area contributed by atoms with Crippen molar-refractivity contribution in [1.29, 1.82) is 0 Å². The van der Waals surface area contributed by atoms with Crippen molar-refractivity contribution in [2.24, 2.45) is 5.41 Å². The Hall–Kier alpha value is -2.41. The number of esters is 1. The summed E-state index contributed by atoms with van der Waals surface area (Å²) in [5, 5.41) is 1.94. The summed E-state index contributed by atoms with van der Waals surface area (Å²) in [6.07, 6.45) is 2.03. The molecule has 2 aromatic rings. The van der Waals surface area contributed by atoms with Crippen LogP contribution < -0.4 is 0 Å². The zero-order valence-electron chi connectivity index (χ0n) is 17.9. The molecule has 1 saturated heterocycles. The van der Waals surface area contributed by atoms with Crippen LogP contribution in [0.15, 0.2) is 40.9 Å². The Morgan fingerprint density at radius 3 is 2.45 bits per heavy atom. The van der Waals surface area contributed by atoms with Gasteiger partial charge in [0.1, 0.15) is 11.6 Å². The first-order valence-corrected chi connectivity index (χ1v) is 11.2. The van der Waals surface area contributed by atoms with Crippen molar-refractivity contribution < 1.29 is 23.9 Å². The van der Waals surface area contributed by atoms with Crippen LogP contribution in [0, 0.1) is 5.41 Å². The highest BCUT2D eigenvalue weighted by Crippen LogP contribution is 2.55. The fourth-order valence-corrected chi connectivity index (χ4v) is 4.40. The monoisotopic (exact) mass is 487 g/mol. The molecule has 6 nitrogen and oxygen atoms in total. The maximum atomic E-state index is 12.8. The standard InChI is InChI=1S/C24H26BrNO5/c1-23(2,3)31-22(29)26-14-24(8-9-24)12-19(26)21(28)30-13-20(27)17-5-4-16-11-18(25)7-6-15(16)10-17/h4-7,10-11,19H,8-9,12-14H2,1-3H3/t19-/m0/s1. The molecule has 2 aromatic carbocycles. The quantitative estimate of drug-likeness (QED) is 0.442. The van der Waals surface area contributed by atoms with Gasteiger partial charge in [-0.05, 0) is 74.4 Å². The van der Waals surface area contributed by atoms with E-state index in [-0.39, 0.29) is 17.8 Å². The van der Waals surface area contributed by atoms with Gasteiger partial charge in [0.15, 0.2) is 12.4 Å². The minimum atomic E-state index is -0.709. The number of likely N-dealkylation sites (tertiary alicyclic amines) is 1. The van der Waals surface area contributed by atoms with Gasteiger partial charge in [0.25, 0.3) is 0 Å². The topological polar surface area (TPSA) is 72.9 Å². The van der Waals surface area contributed by atoms with E-state index >= 15 is 0 Å². The minimum Gasteiger partial charge on any atom is -0.456 e. The molecule has 4 rings (SSSR count). The largest absolute Gasteiger partial charge is 0.456 e. The first-order chi connectivity index (χ1) is 14.6. The van der Waals surface area contributed by atoms with Crippen LogP contribution in [-0.4, -0.2) is 47.5 Å². The molecule has 1 aliphatic heterocycles. The Kier molecular flexibility index (Phi) is 5.58. The zero-order chi connectivity index (χ0) is 22.4. The molecular weight excluding hydrogens is 462 g/mol. The second-order valence-electron chi connectivity index (χ2n) is 9.57. The first-order valence-electron chi connectivity index (χ1n) is 10.4. The van der Waals surface area contributed by atoms with Gasteiger partial charge < -0.3 is 9.47 Å². The number of fused-ring (bicyclic) bond motifs is 1. The van der Waals surface area contributed by atoms with Gasteiger partial charge in [0, 0.05) is 16.6 Å². The molecule has 164 valence electrons. The van der Waals surface area contributed by atoms with Crippen LogP contribution in [0.2, 0.25) is 0 Å². The lowest BCUT2D eigenvalue weighted by atomic mass is 10.0. The van der Waals surface area contributed by atoms with E-state index in [2.05, 4.69) is 15.9 Å². The van der Waals surface area contributed by atoms with Crippen LogP contribution in [0.1, 0.15) is 50.4 Å². The van der Waals surface area contributed by atoms with Crippen molar-refractivity contribution in [3.8, 4) is 0 Å². The van der Waals surface area contributed by atoms with Crippen LogP contribution in [-0.2, 0) is 14.3 Å². The summed E-state index contributed by atoms with van der Waals surface area (Å²) in [6.45, 7) is 5.52. The molecule has 0 N–H and O–H groups in total. The first kappa shape index (κ1) is 21.8. The molecule has 1 atom stereocenters. The van der Waals surface area contributed by atoms with Gasteiger partial charge in [0.05, 0.1) is 0 Å². The third-order valence-corrected chi connectivity index (χ3v) is 6.33. The van der Waals surface area contributed by atoms with Crippen molar-refractivity contribution in [2.45, 2.75) is 51.7 Å². The predicted octanol–water partition coefficient (Wildman–Crippen LogP) is 5.12. The number of rotatable bonds is 4. The van der Waals surface area contributed by atoms with Crippen LogP contribution in [0.25, 0.3) is 10.8 Å². The van der Waals surface area contributed by atoms with Crippen molar-refractivity contribution >= 4 is 44.5 Å². The second kappa shape index (κ2) is 7.93. The van der Waals surface area contributed by atoms with E-state index in [1.807, 2.05) is 24.3 Å². The molecule has 2 fully saturated rings. The molecule has 0 radical (unpaired) electrons. The molecule has 1 aliphatic carbocycles. The molecule has 7 heteroatoms. The van der Waals surface area contributed by atoms with Gasteiger partial charge in [-0.1, -0.05) is 34.1 Å². The summed E-state index contributed by atoms with van der Waals surface area (Å²) in [6, 6.07) is 10.5. The smallest absolute Gasteiger partial charge is 0.411 e. The number of halogens is 1. The molecule has 0 aromatic heterocycles. The SMILES string of the molecule is CC(C)(C)OC(=O)N1CC2(CC2)C[C@H]1C(=O)OCC(=O)c1ccc2cc(Br)ccc2c1. The summed E-state index contributed by atoms with van der Waals surface area (Å²) in [4.78, 5) is 39.5.